The number of carbonyl (C=O) groups excluding carboxylic acids is 1. The molecule has 1 aliphatic rings. The maximum absolute atomic E-state index is 11.6. The summed E-state index contributed by atoms with van der Waals surface area (Å²) in [6.07, 6.45) is 0.402. The molecule has 0 saturated carbocycles. The van der Waals surface area contributed by atoms with E-state index in [0.29, 0.717) is 12.2 Å². The molecule has 0 bridgehead atoms. The van der Waals surface area contributed by atoms with Crippen LogP contribution in [0.5, 0.6) is 0 Å². The first-order valence-electron chi connectivity index (χ1n) is 6.34. The number of aryl methyl sites for hydroxylation is 1. The van der Waals surface area contributed by atoms with Crippen LogP contribution in [0.4, 0.5) is 4.79 Å². The molecule has 1 aromatic heterocycles. The van der Waals surface area contributed by atoms with Crippen LogP contribution in [0.1, 0.15) is 28.3 Å². The van der Waals surface area contributed by atoms with Crippen LogP contribution >= 0.6 is 0 Å². The Morgan fingerprint density at radius 1 is 1.48 bits per heavy atom. The van der Waals surface area contributed by atoms with Crippen LogP contribution in [0.25, 0.3) is 0 Å². The fourth-order valence-electron chi connectivity index (χ4n) is 2.16. The molecule has 0 aromatic carbocycles. The molecule has 1 saturated heterocycles. The van der Waals surface area contributed by atoms with E-state index in [-0.39, 0.29) is 35.4 Å². The van der Waals surface area contributed by atoms with Gasteiger partial charge >= 0.3 is 12.0 Å². The number of nitrogens with one attached hydrogen (secondary N) is 2. The molecular weight excluding hydrogens is 300 g/mol. The van der Waals surface area contributed by atoms with Crippen molar-refractivity contribution in [2.75, 3.05) is 11.5 Å². The van der Waals surface area contributed by atoms with Gasteiger partial charge in [0.2, 0.25) is 0 Å². The molecule has 0 radical (unpaired) electrons. The Kier molecular flexibility index (Phi) is 4.21. The van der Waals surface area contributed by atoms with Crippen molar-refractivity contribution in [3.8, 4) is 0 Å². The number of furan rings is 1. The highest BCUT2D eigenvalue weighted by atomic mass is 32.2. The monoisotopic (exact) mass is 316 g/mol. The number of amides is 2. The highest BCUT2D eigenvalue weighted by Gasteiger charge is 2.28. The number of hydrogen-bond donors (Lipinski definition) is 3. The van der Waals surface area contributed by atoms with Crippen molar-refractivity contribution < 1.29 is 27.5 Å². The molecule has 1 atom stereocenters. The van der Waals surface area contributed by atoms with Gasteiger partial charge in [0.1, 0.15) is 17.1 Å². The molecule has 21 heavy (non-hydrogen) atoms. The molecule has 9 heteroatoms. The molecule has 1 aromatic rings. The van der Waals surface area contributed by atoms with Crippen molar-refractivity contribution >= 4 is 21.8 Å². The lowest BCUT2D eigenvalue weighted by molar-refractivity contribution is 0.0695. The third kappa shape index (κ3) is 3.97. The van der Waals surface area contributed by atoms with Crippen molar-refractivity contribution in [1.82, 2.24) is 10.6 Å². The van der Waals surface area contributed by atoms with Gasteiger partial charge < -0.3 is 20.2 Å². The zero-order valence-electron chi connectivity index (χ0n) is 11.4. The summed E-state index contributed by atoms with van der Waals surface area (Å²) < 4.78 is 27.7. The van der Waals surface area contributed by atoms with E-state index in [0.717, 1.165) is 0 Å². The van der Waals surface area contributed by atoms with Crippen LogP contribution < -0.4 is 10.6 Å². The maximum Gasteiger partial charge on any atom is 0.339 e. The smallest absolute Gasteiger partial charge is 0.339 e. The zero-order valence-corrected chi connectivity index (χ0v) is 12.2. The van der Waals surface area contributed by atoms with Crippen molar-refractivity contribution in [1.29, 1.82) is 0 Å². The molecule has 2 rings (SSSR count). The van der Waals surface area contributed by atoms with Crippen molar-refractivity contribution in [2.45, 2.75) is 25.9 Å². The zero-order chi connectivity index (χ0) is 15.6. The van der Waals surface area contributed by atoms with E-state index in [4.69, 9.17) is 9.52 Å². The lowest BCUT2D eigenvalue weighted by Gasteiger charge is -2.11. The van der Waals surface area contributed by atoms with Crippen LogP contribution in [-0.2, 0) is 16.4 Å². The van der Waals surface area contributed by atoms with Crippen molar-refractivity contribution in [2.24, 2.45) is 0 Å². The van der Waals surface area contributed by atoms with Crippen LogP contribution in [0.2, 0.25) is 0 Å². The van der Waals surface area contributed by atoms with E-state index in [1.165, 1.54) is 13.0 Å². The standard InChI is InChI=1S/C12H16N2O6S/c1-7-10(11(15)16)4-9(20-7)5-13-12(17)14-8-2-3-21(18,19)6-8/h4,8H,2-3,5-6H2,1H3,(H,15,16)(H2,13,14,17). The van der Waals surface area contributed by atoms with Gasteiger partial charge in [0.15, 0.2) is 9.84 Å². The number of carbonyl (C=O) groups is 2. The SMILES string of the molecule is Cc1oc(CNC(=O)NC2CCS(=O)(=O)C2)cc1C(=O)O. The summed E-state index contributed by atoms with van der Waals surface area (Å²) in [6.45, 7) is 1.55. The van der Waals surface area contributed by atoms with Crippen LogP contribution in [-0.4, -0.2) is 43.1 Å². The largest absolute Gasteiger partial charge is 0.478 e. The van der Waals surface area contributed by atoms with E-state index < -0.39 is 21.8 Å². The Balaban J connectivity index is 1.84. The summed E-state index contributed by atoms with van der Waals surface area (Å²) >= 11 is 0. The van der Waals surface area contributed by atoms with Gasteiger partial charge in [-0.2, -0.15) is 0 Å². The van der Waals surface area contributed by atoms with E-state index in [2.05, 4.69) is 10.6 Å². The van der Waals surface area contributed by atoms with E-state index >= 15 is 0 Å². The van der Waals surface area contributed by atoms with Gasteiger partial charge in [-0.05, 0) is 19.4 Å². The van der Waals surface area contributed by atoms with Gasteiger partial charge in [-0.25, -0.2) is 18.0 Å². The summed E-state index contributed by atoms with van der Waals surface area (Å²) in [5.41, 5.74) is 0.0501. The summed E-state index contributed by atoms with van der Waals surface area (Å²) in [4.78, 5) is 22.5. The molecule has 0 spiro atoms. The molecule has 2 heterocycles. The first-order valence-corrected chi connectivity index (χ1v) is 8.16. The second kappa shape index (κ2) is 5.76. The predicted molar refractivity (Wildman–Crippen MR) is 72.8 cm³/mol. The number of carboxylic acids is 1. The van der Waals surface area contributed by atoms with Gasteiger partial charge in [-0.1, -0.05) is 0 Å². The third-order valence-electron chi connectivity index (χ3n) is 3.19. The van der Waals surface area contributed by atoms with Gasteiger partial charge in [0, 0.05) is 6.04 Å². The second-order valence-electron chi connectivity index (χ2n) is 4.91. The Morgan fingerprint density at radius 2 is 2.19 bits per heavy atom. The number of urea groups is 1. The lowest BCUT2D eigenvalue weighted by atomic mass is 10.2. The van der Waals surface area contributed by atoms with Crippen LogP contribution in [0, 0.1) is 6.92 Å². The van der Waals surface area contributed by atoms with Crippen molar-refractivity contribution in [3.05, 3.63) is 23.2 Å². The number of sulfone groups is 1. The molecule has 8 nitrogen and oxygen atoms in total. The molecule has 0 aliphatic carbocycles. The minimum Gasteiger partial charge on any atom is -0.478 e. The van der Waals surface area contributed by atoms with Gasteiger partial charge in [-0.15, -0.1) is 0 Å². The quantitative estimate of drug-likeness (QED) is 0.732. The fraction of sp³-hybridized carbons (Fsp3) is 0.500. The number of rotatable bonds is 4. The normalized spacial score (nSPS) is 20.1. The molecule has 3 N–H and O–H groups in total. The van der Waals surface area contributed by atoms with Crippen LogP contribution in [0.3, 0.4) is 0 Å². The molecule has 1 fully saturated rings. The highest BCUT2D eigenvalue weighted by Crippen LogP contribution is 2.14. The summed E-state index contributed by atoms with van der Waals surface area (Å²) in [7, 11) is -3.05. The summed E-state index contributed by atoms with van der Waals surface area (Å²) in [5.74, 6) is -0.482. The minimum atomic E-state index is -3.05. The predicted octanol–water partition coefficient (Wildman–Crippen LogP) is 0.273. The lowest BCUT2D eigenvalue weighted by Crippen LogP contribution is -2.42. The Labute approximate surface area is 121 Å². The Bertz CT molecular complexity index is 663. The number of aromatic carboxylic acids is 1. The van der Waals surface area contributed by atoms with Gasteiger partial charge in [0.05, 0.1) is 18.1 Å². The number of carboxylic acid groups (broad SMARTS) is 1. The average Bonchev–Trinajstić information content (AvgIpc) is 2.90. The summed E-state index contributed by atoms with van der Waals surface area (Å²) in [5, 5.41) is 13.9. The molecule has 1 aliphatic heterocycles. The van der Waals surface area contributed by atoms with Crippen molar-refractivity contribution in [3.63, 3.8) is 0 Å². The Hall–Kier alpha value is -2.03. The molecule has 1 unspecified atom stereocenters. The minimum absolute atomic E-state index is 0.0272. The van der Waals surface area contributed by atoms with Crippen LogP contribution in [0.15, 0.2) is 10.5 Å². The summed E-state index contributed by atoms with van der Waals surface area (Å²) in [6, 6.07) is 0.448. The topological polar surface area (TPSA) is 126 Å². The average molecular weight is 316 g/mol. The highest BCUT2D eigenvalue weighted by molar-refractivity contribution is 7.91. The first-order chi connectivity index (χ1) is 9.77. The van der Waals surface area contributed by atoms with E-state index in [9.17, 15) is 18.0 Å². The molecule has 2 amide bonds. The van der Waals surface area contributed by atoms with E-state index in [1.54, 1.807) is 0 Å². The first kappa shape index (κ1) is 15.4. The maximum atomic E-state index is 11.6. The van der Waals surface area contributed by atoms with Gasteiger partial charge in [0.25, 0.3) is 0 Å². The van der Waals surface area contributed by atoms with Gasteiger partial charge in [-0.3, -0.25) is 0 Å². The molecular formula is C12H16N2O6S. The Morgan fingerprint density at radius 3 is 2.71 bits per heavy atom. The molecule has 116 valence electrons. The van der Waals surface area contributed by atoms with E-state index in [1.807, 2.05) is 0 Å². The fourth-order valence-corrected chi connectivity index (χ4v) is 3.83. The number of hydrogen-bond acceptors (Lipinski definition) is 5. The third-order valence-corrected chi connectivity index (χ3v) is 4.96. The second-order valence-corrected chi connectivity index (χ2v) is 7.14.